The van der Waals surface area contributed by atoms with Crippen molar-refractivity contribution in [2.24, 2.45) is 0 Å². The first kappa shape index (κ1) is 10.5. The van der Waals surface area contributed by atoms with Gasteiger partial charge in [0, 0.05) is 18.8 Å². The molecule has 0 aromatic rings. The predicted octanol–water partition coefficient (Wildman–Crippen LogP) is 2.55. The Kier molecular flexibility index (Phi) is 4.92. The summed E-state index contributed by atoms with van der Waals surface area (Å²) in [7, 11) is 0. The van der Waals surface area contributed by atoms with Gasteiger partial charge in [0.15, 0.2) is 0 Å². The Labute approximate surface area is 68.5 Å². The molecule has 1 rings (SSSR count). The van der Waals surface area contributed by atoms with E-state index < -0.39 is 0 Å². The molecule has 1 aliphatic heterocycles. The van der Waals surface area contributed by atoms with E-state index in [4.69, 9.17) is 0 Å². The molecule has 0 atom stereocenters. The summed E-state index contributed by atoms with van der Waals surface area (Å²) in [5.41, 5.74) is 1.56. The molecule has 1 aliphatic rings. The van der Waals surface area contributed by atoms with Crippen LogP contribution in [0.25, 0.3) is 0 Å². The summed E-state index contributed by atoms with van der Waals surface area (Å²) in [5, 5.41) is 0. The Morgan fingerprint density at radius 3 is 2.73 bits per heavy atom. The molecule has 0 N–H and O–H groups in total. The van der Waals surface area contributed by atoms with E-state index >= 15 is 0 Å². The van der Waals surface area contributed by atoms with Gasteiger partial charge >= 0.3 is 0 Å². The van der Waals surface area contributed by atoms with E-state index in [9.17, 15) is 0 Å². The van der Waals surface area contributed by atoms with Gasteiger partial charge < -0.3 is 4.90 Å². The third kappa shape index (κ3) is 2.52. The van der Waals surface area contributed by atoms with Crippen LogP contribution in [0.4, 0.5) is 4.70 Å². The van der Waals surface area contributed by atoms with E-state index in [2.05, 4.69) is 24.8 Å². The monoisotopic (exact) mass is 159 g/mol. The third-order valence-electron chi connectivity index (χ3n) is 2.04. The van der Waals surface area contributed by atoms with Crippen molar-refractivity contribution in [2.45, 2.75) is 33.1 Å². The minimum absolute atomic E-state index is 0. The quantitative estimate of drug-likeness (QED) is 0.611. The molecule has 1 heterocycles. The Morgan fingerprint density at radius 1 is 1.45 bits per heavy atom. The lowest BCUT2D eigenvalue weighted by Crippen LogP contribution is -2.19. The average Bonchev–Trinajstić information content (AvgIpc) is 2.36. The van der Waals surface area contributed by atoms with Crippen molar-refractivity contribution < 1.29 is 4.70 Å². The van der Waals surface area contributed by atoms with E-state index in [1.807, 2.05) is 0 Å². The van der Waals surface area contributed by atoms with Gasteiger partial charge in [0.1, 0.15) is 0 Å². The fraction of sp³-hybridized carbons (Fsp3) is 0.778. The van der Waals surface area contributed by atoms with E-state index in [0.29, 0.717) is 0 Å². The smallest absolute Gasteiger partial charge is 0.0210 e. The Balaban J connectivity index is 0.000001000. The molecule has 11 heavy (non-hydrogen) atoms. The normalized spacial score (nSPS) is 16.2. The molecule has 1 nitrogen and oxygen atoms in total. The van der Waals surface area contributed by atoms with Crippen LogP contribution in [0.3, 0.4) is 0 Å². The molecule has 0 radical (unpaired) electrons. The fourth-order valence-electron chi connectivity index (χ4n) is 1.55. The molecule has 0 amide bonds. The summed E-state index contributed by atoms with van der Waals surface area (Å²) in [6.45, 7) is 6.99. The zero-order chi connectivity index (χ0) is 7.40. The van der Waals surface area contributed by atoms with Crippen LogP contribution < -0.4 is 0 Å². The number of halogens is 1. The summed E-state index contributed by atoms with van der Waals surface area (Å²) >= 11 is 0. The number of hydrogen-bond acceptors (Lipinski definition) is 1. The third-order valence-corrected chi connectivity index (χ3v) is 2.04. The predicted molar refractivity (Wildman–Crippen MR) is 47.4 cm³/mol. The SMILES string of the molecule is CCCN1CCC=C1CC.F. The van der Waals surface area contributed by atoms with Crippen molar-refractivity contribution in [2.75, 3.05) is 13.1 Å². The molecule has 0 bridgehead atoms. The maximum atomic E-state index is 2.50. The van der Waals surface area contributed by atoms with Crippen molar-refractivity contribution in [1.82, 2.24) is 4.90 Å². The zero-order valence-corrected chi connectivity index (χ0v) is 7.47. The van der Waals surface area contributed by atoms with Crippen LogP contribution in [-0.2, 0) is 0 Å². The molecule has 0 aliphatic carbocycles. The highest BCUT2D eigenvalue weighted by Gasteiger charge is 2.10. The van der Waals surface area contributed by atoms with Crippen molar-refractivity contribution >= 4 is 0 Å². The van der Waals surface area contributed by atoms with Crippen molar-refractivity contribution in [1.29, 1.82) is 0 Å². The average molecular weight is 159 g/mol. The first-order valence-corrected chi connectivity index (χ1v) is 4.32. The van der Waals surface area contributed by atoms with Crippen LogP contribution in [0.5, 0.6) is 0 Å². The topological polar surface area (TPSA) is 3.24 Å². The van der Waals surface area contributed by atoms with Crippen molar-refractivity contribution in [3.05, 3.63) is 11.8 Å². The van der Waals surface area contributed by atoms with E-state index in [0.717, 1.165) is 0 Å². The van der Waals surface area contributed by atoms with Crippen LogP contribution in [0.15, 0.2) is 11.8 Å². The van der Waals surface area contributed by atoms with E-state index in [1.165, 1.54) is 32.4 Å². The van der Waals surface area contributed by atoms with Gasteiger partial charge in [0.25, 0.3) is 0 Å². The summed E-state index contributed by atoms with van der Waals surface area (Å²) in [6.07, 6.45) is 6.12. The van der Waals surface area contributed by atoms with Gasteiger partial charge in [-0.2, -0.15) is 0 Å². The van der Waals surface area contributed by atoms with Crippen LogP contribution in [0.2, 0.25) is 0 Å². The summed E-state index contributed by atoms with van der Waals surface area (Å²) < 4.78 is 0. The minimum atomic E-state index is 0. The molecule has 0 aromatic carbocycles. The van der Waals surface area contributed by atoms with Gasteiger partial charge in [-0.3, -0.25) is 4.70 Å². The highest BCUT2D eigenvalue weighted by atomic mass is 19.0. The second-order valence-electron chi connectivity index (χ2n) is 2.82. The number of rotatable bonds is 3. The molecule has 0 fully saturated rings. The molecule has 0 saturated heterocycles. The van der Waals surface area contributed by atoms with Gasteiger partial charge in [0.05, 0.1) is 0 Å². The van der Waals surface area contributed by atoms with Gasteiger partial charge in [-0.25, -0.2) is 0 Å². The lowest BCUT2D eigenvalue weighted by molar-refractivity contribution is 0.367. The molecule has 66 valence electrons. The van der Waals surface area contributed by atoms with Crippen molar-refractivity contribution in [3.63, 3.8) is 0 Å². The molecular formula is C9H18FN. The van der Waals surface area contributed by atoms with Gasteiger partial charge in [0.2, 0.25) is 0 Å². The fourth-order valence-corrected chi connectivity index (χ4v) is 1.55. The molecule has 0 saturated carbocycles. The lowest BCUT2D eigenvalue weighted by Gasteiger charge is -2.20. The van der Waals surface area contributed by atoms with E-state index in [1.54, 1.807) is 5.70 Å². The minimum Gasteiger partial charge on any atom is -0.375 e. The van der Waals surface area contributed by atoms with Crippen LogP contribution in [0.1, 0.15) is 33.1 Å². The summed E-state index contributed by atoms with van der Waals surface area (Å²) in [5.74, 6) is 0. The molecule has 0 spiro atoms. The first-order chi connectivity index (χ1) is 4.88. The van der Waals surface area contributed by atoms with E-state index in [-0.39, 0.29) is 4.70 Å². The first-order valence-electron chi connectivity index (χ1n) is 4.32. The maximum absolute atomic E-state index is 2.50. The highest BCUT2D eigenvalue weighted by molar-refractivity contribution is 5.06. The second kappa shape index (κ2) is 5.16. The maximum Gasteiger partial charge on any atom is 0.0210 e. The Bertz CT molecular complexity index is 132. The van der Waals surface area contributed by atoms with Crippen LogP contribution in [-0.4, -0.2) is 18.0 Å². The molecule has 2 heteroatoms. The Morgan fingerprint density at radius 2 is 2.18 bits per heavy atom. The summed E-state index contributed by atoms with van der Waals surface area (Å²) in [4.78, 5) is 2.50. The molecular weight excluding hydrogens is 141 g/mol. The standard InChI is InChI=1S/C9H17N.FH/c1-3-7-10-8-5-6-9(10)4-2;/h6H,3-5,7-8H2,1-2H3;1H. The number of hydrogen-bond donors (Lipinski definition) is 0. The van der Waals surface area contributed by atoms with Crippen LogP contribution in [0, 0.1) is 0 Å². The zero-order valence-electron chi connectivity index (χ0n) is 7.47. The largest absolute Gasteiger partial charge is 0.375 e. The molecule has 0 unspecified atom stereocenters. The second-order valence-corrected chi connectivity index (χ2v) is 2.82. The highest BCUT2D eigenvalue weighted by Crippen LogP contribution is 2.17. The van der Waals surface area contributed by atoms with Crippen molar-refractivity contribution in [3.8, 4) is 0 Å². The Hall–Kier alpha value is -0.530. The lowest BCUT2D eigenvalue weighted by atomic mass is 10.3. The number of nitrogens with zero attached hydrogens (tertiary/aromatic N) is 1. The van der Waals surface area contributed by atoms with Gasteiger partial charge in [-0.05, 0) is 19.3 Å². The van der Waals surface area contributed by atoms with Gasteiger partial charge in [-0.1, -0.05) is 19.9 Å². The van der Waals surface area contributed by atoms with Gasteiger partial charge in [-0.15, -0.1) is 0 Å². The summed E-state index contributed by atoms with van der Waals surface area (Å²) in [6, 6.07) is 0. The van der Waals surface area contributed by atoms with Crippen LogP contribution >= 0.6 is 0 Å². The molecule has 0 aromatic heterocycles. The number of allylic oxidation sites excluding steroid dienone is 1.